The molecule has 0 aliphatic carbocycles. The smallest absolute Gasteiger partial charge is 0.340 e. The molecular weight excluding hydrogens is 330 g/mol. The monoisotopic (exact) mass is 347 g/mol. The van der Waals surface area contributed by atoms with Crippen molar-refractivity contribution in [3.63, 3.8) is 0 Å². The Hall–Kier alpha value is -3.54. The quantitative estimate of drug-likeness (QED) is 0.714. The molecule has 3 aromatic rings. The topological polar surface area (TPSA) is 81.2 Å². The largest absolute Gasteiger partial charge is 0.462 e. The Morgan fingerprint density at radius 1 is 1.00 bits per heavy atom. The van der Waals surface area contributed by atoms with Gasteiger partial charge in [0.2, 0.25) is 0 Å². The normalized spacial score (nSPS) is 10.2. The molecule has 0 spiro atoms. The van der Waals surface area contributed by atoms with Crippen LogP contribution in [0.5, 0.6) is 0 Å². The van der Waals surface area contributed by atoms with Crippen molar-refractivity contribution in [1.29, 1.82) is 0 Å². The zero-order chi connectivity index (χ0) is 18.4. The third kappa shape index (κ3) is 3.75. The number of anilines is 1. The van der Waals surface area contributed by atoms with Gasteiger partial charge in [-0.3, -0.25) is 4.79 Å². The van der Waals surface area contributed by atoms with Crippen LogP contribution in [0.4, 0.5) is 5.69 Å². The van der Waals surface area contributed by atoms with Crippen molar-refractivity contribution < 1.29 is 14.3 Å². The molecule has 1 N–H and O–H groups in total. The summed E-state index contributed by atoms with van der Waals surface area (Å²) >= 11 is 0. The van der Waals surface area contributed by atoms with Crippen molar-refractivity contribution in [1.82, 2.24) is 9.97 Å². The maximum Gasteiger partial charge on any atom is 0.340 e. The fourth-order valence-corrected chi connectivity index (χ4v) is 2.52. The fraction of sp³-hybridized carbons (Fsp3) is 0.100. The lowest BCUT2D eigenvalue weighted by Crippen LogP contribution is -2.16. The average molecular weight is 347 g/mol. The van der Waals surface area contributed by atoms with E-state index >= 15 is 0 Å². The van der Waals surface area contributed by atoms with Crippen molar-refractivity contribution in [3.8, 4) is 11.3 Å². The van der Waals surface area contributed by atoms with E-state index in [0.29, 0.717) is 28.1 Å². The van der Waals surface area contributed by atoms with Crippen LogP contribution in [-0.2, 0) is 4.74 Å². The number of aromatic nitrogens is 2. The molecule has 6 heteroatoms. The average Bonchev–Trinajstić information content (AvgIpc) is 2.69. The first-order valence-corrected chi connectivity index (χ1v) is 8.13. The van der Waals surface area contributed by atoms with Crippen molar-refractivity contribution in [2.24, 2.45) is 0 Å². The van der Waals surface area contributed by atoms with Gasteiger partial charge >= 0.3 is 5.97 Å². The highest BCUT2D eigenvalue weighted by Crippen LogP contribution is 2.23. The first kappa shape index (κ1) is 17.3. The zero-order valence-corrected chi connectivity index (χ0v) is 14.2. The summed E-state index contributed by atoms with van der Waals surface area (Å²) in [5, 5.41) is 2.79. The Balaban J connectivity index is 1.92. The number of benzene rings is 2. The Labute approximate surface area is 150 Å². The number of hydrogen-bond acceptors (Lipinski definition) is 5. The standard InChI is InChI=1S/C20H17N3O3/c1-2-26-20(25)16-9-5-6-10-18(16)23-19(24)15-8-4-3-7-14(15)17-11-12-21-13-22-17/h3-13H,2H2,1H3,(H,23,24). The molecular formula is C20H17N3O3. The van der Waals surface area contributed by atoms with Crippen LogP contribution in [0.2, 0.25) is 0 Å². The van der Waals surface area contributed by atoms with Gasteiger partial charge in [-0.15, -0.1) is 0 Å². The molecule has 0 bridgehead atoms. The molecule has 0 unspecified atom stereocenters. The number of hydrogen-bond donors (Lipinski definition) is 1. The molecule has 0 saturated heterocycles. The fourth-order valence-electron chi connectivity index (χ4n) is 2.52. The molecule has 2 aromatic carbocycles. The van der Waals surface area contributed by atoms with Crippen LogP contribution in [-0.4, -0.2) is 28.5 Å². The maximum absolute atomic E-state index is 12.8. The number of para-hydroxylation sites is 1. The second-order valence-corrected chi connectivity index (χ2v) is 5.36. The number of carbonyl (C=O) groups excluding carboxylic acids is 2. The summed E-state index contributed by atoms with van der Waals surface area (Å²) in [7, 11) is 0. The van der Waals surface area contributed by atoms with Crippen LogP contribution < -0.4 is 5.32 Å². The summed E-state index contributed by atoms with van der Waals surface area (Å²) in [6, 6.07) is 15.6. The van der Waals surface area contributed by atoms with E-state index in [-0.39, 0.29) is 12.5 Å². The van der Waals surface area contributed by atoms with Crippen molar-refractivity contribution in [2.45, 2.75) is 6.92 Å². The van der Waals surface area contributed by atoms with Crippen LogP contribution in [0.3, 0.4) is 0 Å². The molecule has 3 rings (SSSR count). The number of rotatable bonds is 5. The van der Waals surface area contributed by atoms with Gasteiger partial charge in [-0.2, -0.15) is 0 Å². The highest BCUT2D eigenvalue weighted by molar-refractivity contribution is 6.11. The van der Waals surface area contributed by atoms with E-state index in [2.05, 4.69) is 15.3 Å². The second-order valence-electron chi connectivity index (χ2n) is 5.36. The first-order chi connectivity index (χ1) is 12.7. The Bertz CT molecular complexity index is 926. The maximum atomic E-state index is 12.8. The minimum absolute atomic E-state index is 0.262. The predicted octanol–water partition coefficient (Wildman–Crippen LogP) is 3.57. The van der Waals surface area contributed by atoms with Crippen LogP contribution >= 0.6 is 0 Å². The van der Waals surface area contributed by atoms with E-state index in [9.17, 15) is 9.59 Å². The van der Waals surface area contributed by atoms with Crippen LogP contribution in [0.1, 0.15) is 27.6 Å². The van der Waals surface area contributed by atoms with E-state index in [1.807, 2.05) is 12.1 Å². The summed E-state index contributed by atoms with van der Waals surface area (Å²) in [6.45, 7) is 1.99. The SMILES string of the molecule is CCOC(=O)c1ccccc1NC(=O)c1ccccc1-c1ccncn1. The number of nitrogens with one attached hydrogen (secondary N) is 1. The van der Waals surface area contributed by atoms with Gasteiger partial charge in [0.25, 0.3) is 5.91 Å². The van der Waals surface area contributed by atoms with E-state index in [0.717, 1.165) is 0 Å². The lowest BCUT2D eigenvalue weighted by Gasteiger charge is -2.12. The molecule has 26 heavy (non-hydrogen) atoms. The summed E-state index contributed by atoms with van der Waals surface area (Å²) in [5.41, 5.74) is 2.48. The molecule has 130 valence electrons. The van der Waals surface area contributed by atoms with Crippen molar-refractivity contribution >= 4 is 17.6 Å². The van der Waals surface area contributed by atoms with E-state index in [4.69, 9.17) is 4.74 Å². The third-order valence-corrected chi connectivity index (χ3v) is 3.70. The van der Waals surface area contributed by atoms with Gasteiger partial charge in [-0.1, -0.05) is 30.3 Å². The molecule has 0 aliphatic heterocycles. The summed E-state index contributed by atoms with van der Waals surface area (Å²) in [5.74, 6) is -0.816. The van der Waals surface area contributed by atoms with Gasteiger partial charge in [0.1, 0.15) is 6.33 Å². The molecule has 0 aliphatic rings. The number of ether oxygens (including phenoxy) is 1. The molecule has 1 heterocycles. The Kier molecular flexibility index (Phi) is 5.34. The van der Waals surface area contributed by atoms with Crippen LogP contribution in [0, 0.1) is 0 Å². The number of amides is 1. The van der Waals surface area contributed by atoms with Crippen LogP contribution in [0.15, 0.2) is 67.1 Å². The Morgan fingerprint density at radius 3 is 2.46 bits per heavy atom. The van der Waals surface area contributed by atoms with Gasteiger partial charge in [-0.25, -0.2) is 14.8 Å². The highest BCUT2D eigenvalue weighted by Gasteiger charge is 2.17. The molecule has 1 amide bonds. The van der Waals surface area contributed by atoms with E-state index in [1.54, 1.807) is 55.6 Å². The molecule has 0 atom stereocenters. The Morgan fingerprint density at radius 2 is 1.73 bits per heavy atom. The second kappa shape index (κ2) is 8.02. The molecule has 6 nitrogen and oxygen atoms in total. The lowest BCUT2D eigenvalue weighted by molar-refractivity contribution is 0.0527. The van der Waals surface area contributed by atoms with Gasteiger partial charge in [-0.05, 0) is 31.2 Å². The summed E-state index contributed by atoms with van der Waals surface area (Å²) in [6.07, 6.45) is 3.05. The summed E-state index contributed by atoms with van der Waals surface area (Å²) in [4.78, 5) is 33.0. The number of carbonyl (C=O) groups is 2. The van der Waals surface area contributed by atoms with Gasteiger partial charge in [0.15, 0.2) is 0 Å². The zero-order valence-electron chi connectivity index (χ0n) is 14.2. The molecule has 0 radical (unpaired) electrons. The minimum Gasteiger partial charge on any atom is -0.462 e. The summed E-state index contributed by atoms with van der Waals surface area (Å²) < 4.78 is 5.04. The number of esters is 1. The number of nitrogens with zero attached hydrogens (tertiary/aromatic N) is 2. The van der Waals surface area contributed by atoms with Crippen molar-refractivity contribution in [3.05, 3.63) is 78.2 Å². The van der Waals surface area contributed by atoms with E-state index in [1.165, 1.54) is 6.33 Å². The van der Waals surface area contributed by atoms with Crippen LogP contribution in [0.25, 0.3) is 11.3 Å². The van der Waals surface area contributed by atoms with Crippen molar-refractivity contribution in [2.75, 3.05) is 11.9 Å². The molecule has 0 fully saturated rings. The molecule has 0 saturated carbocycles. The molecule has 1 aromatic heterocycles. The van der Waals surface area contributed by atoms with E-state index < -0.39 is 5.97 Å². The van der Waals surface area contributed by atoms with Gasteiger partial charge < -0.3 is 10.1 Å². The highest BCUT2D eigenvalue weighted by atomic mass is 16.5. The predicted molar refractivity (Wildman–Crippen MR) is 97.8 cm³/mol. The van der Waals surface area contributed by atoms with Gasteiger partial charge in [0.05, 0.1) is 23.6 Å². The third-order valence-electron chi connectivity index (χ3n) is 3.70. The minimum atomic E-state index is -0.479. The van der Waals surface area contributed by atoms with Gasteiger partial charge in [0, 0.05) is 17.3 Å². The first-order valence-electron chi connectivity index (χ1n) is 8.13. The lowest BCUT2D eigenvalue weighted by atomic mass is 10.0.